The normalized spacial score (nSPS) is 11.3. The summed E-state index contributed by atoms with van der Waals surface area (Å²) >= 11 is 5.06. The Balaban J connectivity index is 1.55. The number of fused-ring (bicyclic) bond motifs is 2. The molecule has 0 spiro atoms. The van der Waals surface area contributed by atoms with Gasteiger partial charge < -0.3 is 10.3 Å². The van der Waals surface area contributed by atoms with Gasteiger partial charge in [-0.2, -0.15) is 0 Å². The number of para-hydroxylation sites is 1. The first-order chi connectivity index (χ1) is 10.7. The molecule has 1 amide bonds. The van der Waals surface area contributed by atoms with E-state index < -0.39 is 0 Å². The number of benzene rings is 1. The van der Waals surface area contributed by atoms with Gasteiger partial charge in [0.05, 0.1) is 16.7 Å². The summed E-state index contributed by atoms with van der Waals surface area (Å²) < 4.78 is 2.73. The second-order valence-electron chi connectivity index (χ2n) is 4.87. The molecule has 0 unspecified atom stereocenters. The molecule has 3 aromatic heterocycles. The van der Waals surface area contributed by atoms with Crippen molar-refractivity contribution in [3.8, 4) is 0 Å². The van der Waals surface area contributed by atoms with Crippen molar-refractivity contribution in [2.75, 3.05) is 0 Å². The molecule has 0 aliphatic heterocycles. The van der Waals surface area contributed by atoms with Crippen LogP contribution in [0.2, 0.25) is 0 Å². The number of H-pyrrole nitrogens is 1. The van der Waals surface area contributed by atoms with E-state index in [2.05, 4.69) is 31.2 Å². The summed E-state index contributed by atoms with van der Waals surface area (Å²) in [7, 11) is 0. The van der Waals surface area contributed by atoms with Crippen LogP contribution in [0.15, 0.2) is 46.5 Å². The van der Waals surface area contributed by atoms with Crippen molar-refractivity contribution < 1.29 is 4.79 Å². The maximum atomic E-state index is 12.4. The first kappa shape index (κ1) is 13.5. The number of nitrogens with one attached hydrogen (secondary N) is 2. The molecule has 110 valence electrons. The second kappa shape index (κ2) is 5.26. The fourth-order valence-corrected chi connectivity index (χ4v) is 3.73. The highest BCUT2D eigenvalue weighted by molar-refractivity contribution is 9.10. The summed E-state index contributed by atoms with van der Waals surface area (Å²) in [5.41, 5.74) is 2.30. The van der Waals surface area contributed by atoms with Gasteiger partial charge in [-0.25, -0.2) is 4.98 Å². The number of carbonyl (C=O) groups excluding carboxylic acids is 1. The fraction of sp³-hybridized carbons (Fsp3) is 0.0667. The Hall–Kier alpha value is -2.12. The van der Waals surface area contributed by atoms with Crippen LogP contribution in [0.25, 0.3) is 15.9 Å². The van der Waals surface area contributed by atoms with Gasteiger partial charge in [-0.15, -0.1) is 11.3 Å². The molecule has 2 N–H and O–H groups in total. The number of halogens is 1. The number of imidazole rings is 1. The maximum absolute atomic E-state index is 12.4. The van der Waals surface area contributed by atoms with Crippen molar-refractivity contribution >= 4 is 49.0 Å². The quantitative estimate of drug-likeness (QED) is 0.575. The first-order valence-corrected chi connectivity index (χ1v) is 8.35. The summed E-state index contributed by atoms with van der Waals surface area (Å²) in [5.74, 6) is -0.153. The molecule has 0 fully saturated rings. The summed E-state index contributed by atoms with van der Waals surface area (Å²) in [6.45, 7) is 0.398. The van der Waals surface area contributed by atoms with Crippen molar-refractivity contribution in [1.82, 2.24) is 19.7 Å². The lowest BCUT2D eigenvalue weighted by Gasteiger charge is -2.01. The van der Waals surface area contributed by atoms with Crippen molar-refractivity contribution in [3.05, 3.63) is 57.9 Å². The molecular weight excluding hydrogens is 364 g/mol. The molecule has 0 saturated heterocycles. The van der Waals surface area contributed by atoms with Crippen molar-refractivity contribution in [2.24, 2.45) is 0 Å². The number of amides is 1. The third-order valence-electron chi connectivity index (χ3n) is 3.44. The van der Waals surface area contributed by atoms with Crippen molar-refractivity contribution in [1.29, 1.82) is 0 Å². The van der Waals surface area contributed by atoms with Gasteiger partial charge >= 0.3 is 0 Å². The van der Waals surface area contributed by atoms with Gasteiger partial charge in [0, 0.05) is 28.7 Å². The Morgan fingerprint density at radius 3 is 3.09 bits per heavy atom. The standard InChI is InChI=1S/C15H11BrN4OS/c16-12-10-3-1-2-4-11(10)19-13(12)14(21)17-7-9-8-20-5-6-22-15(20)18-9/h1-6,8,19H,7H2,(H,17,21). The number of carbonyl (C=O) groups is 1. The van der Waals surface area contributed by atoms with Gasteiger partial charge in [-0.1, -0.05) is 18.2 Å². The summed E-state index contributed by atoms with van der Waals surface area (Å²) in [6.07, 6.45) is 3.87. The molecular formula is C15H11BrN4OS. The SMILES string of the molecule is O=C(NCc1cn2ccsc2n1)c1[nH]c2ccccc2c1Br. The van der Waals surface area contributed by atoms with Crippen LogP contribution in [-0.4, -0.2) is 20.3 Å². The minimum atomic E-state index is -0.153. The van der Waals surface area contributed by atoms with Crippen molar-refractivity contribution in [2.45, 2.75) is 6.54 Å². The minimum Gasteiger partial charge on any atom is -0.350 e. The number of rotatable bonds is 3. The topological polar surface area (TPSA) is 62.2 Å². The van der Waals surface area contributed by atoms with Gasteiger partial charge in [0.2, 0.25) is 0 Å². The third-order valence-corrected chi connectivity index (χ3v) is 5.04. The van der Waals surface area contributed by atoms with Crippen LogP contribution >= 0.6 is 27.3 Å². The number of hydrogen-bond donors (Lipinski definition) is 2. The Bertz CT molecular complexity index is 955. The van der Waals surface area contributed by atoms with E-state index in [9.17, 15) is 4.79 Å². The molecule has 7 heteroatoms. The van der Waals surface area contributed by atoms with Crippen LogP contribution in [0.5, 0.6) is 0 Å². The van der Waals surface area contributed by atoms with Crippen LogP contribution in [0.3, 0.4) is 0 Å². The molecule has 3 heterocycles. The number of hydrogen-bond acceptors (Lipinski definition) is 3. The Labute approximate surface area is 138 Å². The minimum absolute atomic E-state index is 0.153. The zero-order valence-corrected chi connectivity index (χ0v) is 13.7. The van der Waals surface area contributed by atoms with Gasteiger partial charge in [0.1, 0.15) is 5.69 Å². The summed E-state index contributed by atoms with van der Waals surface area (Å²) in [6, 6.07) is 7.79. The van der Waals surface area contributed by atoms with Crippen LogP contribution in [0.1, 0.15) is 16.2 Å². The molecule has 22 heavy (non-hydrogen) atoms. The average Bonchev–Trinajstić information content (AvgIpc) is 3.19. The van der Waals surface area contributed by atoms with Crippen LogP contribution < -0.4 is 5.32 Å². The molecule has 0 aliphatic carbocycles. The fourth-order valence-electron chi connectivity index (χ4n) is 2.38. The Morgan fingerprint density at radius 2 is 2.27 bits per heavy atom. The highest BCUT2D eigenvalue weighted by atomic mass is 79.9. The molecule has 0 radical (unpaired) electrons. The van der Waals surface area contributed by atoms with Crippen LogP contribution in [0, 0.1) is 0 Å². The van der Waals surface area contributed by atoms with Gasteiger partial charge in [0.15, 0.2) is 4.96 Å². The molecule has 0 atom stereocenters. The largest absolute Gasteiger partial charge is 0.350 e. The maximum Gasteiger partial charge on any atom is 0.269 e. The zero-order chi connectivity index (χ0) is 15.1. The van der Waals surface area contributed by atoms with Gasteiger partial charge in [-0.05, 0) is 22.0 Å². The van der Waals surface area contributed by atoms with E-state index in [0.29, 0.717) is 12.2 Å². The van der Waals surface area contributed by atoms with E-state index in [1.54, 1.807) is 11.3 Å². The third kappa shape index (κ3) is 2.22. The van der Waals surface area contributed by atoms with E-state index in [0.717, 1.165) is 26.0 Å². The van der Waals surface area contributed by atoms with E-state index in [-0.39, 0.29) is 5.91 Å². The highest BCUT2D eigenvalue weighted by Gasteiger charge is 2.15. The predicted octanol–water partition coefficient (Wildman–Crippen LogP) is 3.57. The van der Waals surface area contributed by atoms with E-state index in [1.165, 1.54) is 0 Å². The number of thiazole rings is 1. The van der Waals surface area contributed by atoms with E-state index in [1.807, 2.05) is 46.4 Å². The second-order valence-corrected chi connectivity index (χ2v) is 6.53. The monoisotopic (exact) mass is 374 g/mol. The van der Waals surface area contributed by atoms with E-state index >= 15 is 0 Å². The average molecular weight is 375 g/mol. The zero-order valence-electron chi connectivity index (χ0n) is 11.3. The molecule has 0 aliphatic rings. The molecule has 5 nitrogen and oxygen atoms in total. The highest BCUT2D eigenvalue weighted by Crippen LogP contribution is 2.27. The van der Waals surface area contributed by atoms with Gasteiger partial charge in [0.25, 0.3) is 5.91 Å². The number of aromatic amines is 1. The Morgan fingerprint density at radius 1 is 1.41 bits per heavy atom. The Kier molecular flexibility index (Phi) is 3.24. The summed E-state index contributed by atoms with van der Waals surface area (Å²) in [5, 5.41) is 5.87. The van der Waals surface area contributed by atoms with Crippen LogP contribution in [-0.2, 0) is 6.54 Å². The number of nitrogens with zero attached hydrogens (tertiary/aromatic N) is 2. The lowest BCUT2D eigenvalue weighted by atomic mass is 10.2. The molecule has 1 aromatic carbocycles. The molecule has 0 bridgehead atoms. The van der Waals surface area contributed by atoms with Gasteiger partial charge in [-0.3, -0.25) is 9.20 Å². The predicted molar refractivity (Wildman–Crippen MR) is 90.2 cm³/mol. The summed E-state index contributed by atoms with van der Waals surface area (Å²) in [4.78, 5) is 20.9. The van der Waals surface area contributed by atoms with Crippen LogP contribution in [0.4, 0.5) is 0 Å². The molecule has 0 saturated carbocycles. The number of aromatic nitrogens is 3. The molecule has 4 aromatic rings. The smallest absolute Gasteiger partial charge is 0.269 e. The lowest BCUT2D eigenvalue weighted by Crippen LogP contribution is -2.23. The van der Waals surface area contributed by atoms with E-state index in [4.69, 9.17) is 0 Å². The molecule has 4 rings (SSSR count). The first-order valence-electron chi connectivity index (χ1n) is 6.68. The van der Waals surface area contributed by atoms with Crippen molar-refractivity contribution in [3.63, 3.8) is 0 Å². The lowest BCUT2D eigenvalue weighted by molar-refractivity contribution is 0.0945.